The topological polar surface area (TPSA) is 37.2 Å². The Balaban J connectivity index is 0.00000124. The van der Waals surface area contributed by atoms with Crippen LogP contribution in [0.5, 0.6) is 0 Å². The van der Waals surface area contributed by atoms with E-state index in [0.29, 0.717) is 5.92 Å². The van der Waals surface area contributed by atoms with Crippen molar-refractivity contribution in [3.05, 3.63) is 47.9 Å². The first kappa shape index (κ1) is 22.6. The zero-order chi connectivity index (χ0) is 21.7. The molecule has 162 valence electrons. The molecule has 0 N–H and O–H groups in total. The molecular weight excluding hydrogens is 390 g/mol. The maximum atomic E-state index is 4.64. The molecule has 0 atom stereocenters. The summed E-state index contributed by atoms with van der Waals surface area (Å²) in [5, 5.41) is 0. The molecule has 1 aromatic carbocycles. The zero-order valence-corrected chi connectivity index (χ0v) is 20.0. The lowest BCUT2D eigenvalue weighted by Crippen LogP contribution is -2.40. The van der Waals surface area contributed by atoms with Crippen LogP contribution in [-0.4, -0.2) is 44.7 Å². The molecule has 0 spiro atoms. The van der Waals surface area contributed by atoms with Crippen molar-refractivity contribution in [3.63, 3.8) is 0 Å². The molecule has 6 heteroatoms. The molecule has 0 unspecified atom stereocenters. The second kappa shape index (κ2) is 10.3. The Morgan fingerprint density at radius 1 is 1.13 bits per heavy atom. The van der Waals surface area contributed by atoms with Crippen LogP contribution < -0.4 is 4.90 Å². The minimum atomic E-state index is 0.665. The number of benzene rings is 1. The molecule has 5 nitrogen and oxygen atoms in total. The third-order valence-corrected chi connectivity index (χ3v) is 6.84. The van der Waals surface area contributed by atoms with Gasteiger partial charge in [-0.2, -0.15) is 0 Å². The van der Waals surface area contributed by atoms with Crippen molar-refractivity contribution in [2.45, 2.75) is 46.5 Å². The van der Waals surface area contributed by atoms with Crippen LogP contribution in [0.4, 0.5) is 11.5 Å². The van der Waals surface area contributed by atoms with E-state index in [1.165, 1.54) is 42.1 Å². The van der Waals surface area contributed by atoms with Crippen LogP contribution in [0.15, 0.2) is 36.8 Å². The van der Waals surface area contributed by atoms with E-state index >= 15 is 0 Å². The summed E-state index contributed by atoms with van der Waals surface area (Å²) >= 11 is 1.99. The van der Waals surface area contributed by atoms with Crippen LogP contribution in [0.3, 0.4) is 0 Å². The fourth-order valence-electron chi connectivity index (χ4n) is 3.77. The molecular formula is C24H35N5S. The van der Waals surface area contributed by atoms with E-state index in [1.54, 1.807) is 0 Å². The SMILES string of the molecule is CC.CCCSN1CC(c2ccc(N(C)c3cc4c(cn3)ncn4C)c(CC)c2)C1. The van der Waals surface area contributed by atoms with Gasteiger partial charge in [0, 0.05) is 50.6 Å². The first-order valence-corrected chi connectivity index (χ1v) is 12.1. The molecule has 0 radical (unpaired) electrons. The number of anilines is 2. The van der Waals surface area contributed by atoms with Crippen molar-refractivity contribution < 1.29 is 0 Å². The van der Waals surface area contributed by atoms with Crippen molar-refractivity contribution in [2.24, 2.45) is 7.05 Å². The van der Waals surface area contributed by atoms with Crippen molar-refractivity contribution in [1.29, 1.82) is 0 Å². The highest BCUT2D eigenvalue weighted by Crippen LogP contribution is 2.35. The maximum Gasteiger partial charge on any atom is 0.134 e. The number of aryl methyl sites for hydroxylation is 2. The standard InChI is InChI=1S/C22H29N5S.C2H6/c1-5-9-28-27-13-18(14-27)17-7-8-20(16(6-2)10-17)26(4)22-11-21-19(12-23-22)24-15-25(21)3;1-2/h7-8,10-12,15,18H,5-6,9,13-14H2,1-4H3;1-2H3. The molecule has 3 aromatic rings. The van der Waals surface area contributed by atoms with E-state index in [1.807, 2.05) is 49.9 Å². The van der Waals surface area contributed by atoms with E-state index < -0.39 is 0 Å². The van der Waals surface area contributed by atoms with E-state index in [9.17, 15) is 0 Å². The summed E-state index contributed by atoms with van der Waals surface area (Å²) in [5.41, 5.74) is 6.12. The van der Waals surface area contributed by atoms with Crippen LogP contribution in [0.1, 0.15) is 51.2 Å². The molecule has 0 amide bonds. The van der Waals surface area contributed by atoms with Gasteiger partial charge in [-0.25, -0.2) is 14.3 Å². The Hall–Kier alpha value is -2.05. The summed E-state index contributed by atoms with van der Waals surface area (Å²) in [7, 11) is 4.12. The van der Waals surface area contributed by atoms with Crippen molar-refractivity contribution >= 4 is 34.5 Å². The molecule has 30 heavy (non-hydrogen) atoms. The Kier molecular flexibility index (Phi) is 7.78. The molecule has 1 fully saturated rings. The lowest BCUT2D eigenvalue weighted by Gasteiger charge is -2.38. The summed E-state index contributed by atoms with van der Waals surface area (Å²) in [6.45, 7) is 10.8. The highest BCUT2D eigenvalue weighted by molar-refractivity contribution is 7.97. The number of aromatic nitrogens is 3. The Morgan fingerprint density at radius 2 is 1.90 bits per heavy atom. The summed E-state index contributed by atoms with van der Waals surface area (Å²) in [5.74, 6) is 2.84. The number of hydrogen-bond acceptors (Lipinski definition) is 5. The Morgan fingerprint density at radius 3 is 2.60 bits per heavy atom. The second-order valence-corrected chi connectivity index (χ2v) is 8.75. The summed E-state index contributed by atoms with van der Waals surface area (Å²) < 4.78 is 4.53. The highest BCUT2D eigenvalue weighted by Gasteiger charge is 2.28. The number of imidazole rings is 1. The van der Waals surface area contributed by atoms with Gasteiger partial charge < -0.3 is 9.47 Å². The molecule has 4 rings (SSSR count). The van der Waals surface area contributed by atoms with Crippen molar-refractivity contribution in [3.8, 4) is 0 Å². The monoisotopic (exact) mass is 425 g/mol. The Labute approximate surface area is 185 Å². The van der Waals surface area contributed by atoms with Gasteiger partial charge in [0.1, 0.15) is 11.3 Å². The largest absolute Gasteiger partial charge is 0.334 e. The molecule has 0 bridgehead atoms. The lowest BCUT2D eigenvalue weighted by molar-refractivity contribution is 0.290. The number of pyridine rings is 1. The van der Waals surface area contributed by atoms with Crippen LogP contribution in [0.2, 0.25) is 0 Å². The van der Waals surface area contributed by atoms with Gasteiger partial charge in [0.05, 0.1) is 18.0 Å². The van der Waals surface area contributed by atoms with Crippen LogP contribution in [-0.2, 0) is 13.5 Å². The van der Waals surface area contributed by atoms with Gasteiger partial charge in [-0.15, -0.1) is 0 Å². The average molecular weight is 426 g/mol. The minimum absolute atomic E-state index is 0.665. The zero-order valence-electron chi connectivity index (χ0n) is 19.2. The van der Waals surface area contributed by atoms with Gasteiger partial charge >= 0.3 is 0 Å². The fraction of sp³-hybridized carbons (Fsp3) is 0.500. The van der Waals surface area contributed by atoms with E-state index in [-0.39, 0.29) is 0 Å². The predicted octanol–water partition coefficient (Wildman–Crippen LogP) is 5.78. The van der Waals surface area contributed by atoms with Crippen molar-refractivity contribution in [1.82, 2.24) is 18.8 Å². The number of rotatable bonds is 7. The van der Waals surface area contributed by atoms with Gasteiger partial charge in [0.2, 0.25) is 0 Å². The second-order valence-electron chi connectivity index (χ2n) is 7.56. The normalized spacial score (nSPS) is 14.3. The lowest BCUT2D eigenvalue weighted by atomic mass is 9.91. The third kappa shape index (κ3) is 4.65. The van der Waals surface area contributed by atoms with E-state index in [0.717, 1.165) is 23.3 Å². The fourth-order valence-corrected chi connectivity index (χ4v) is 4.78. The molecule has 0 aliphatic carbocycles. The van der Waals surface area contributed by atoms with Crippen molar-refractivity contribution in [2.75, 3.05) is 30.8 Å². The molecule has 1 aliphatic heterocycles. The molecule has 0 saturated carbocycles. The van der Waals surface area contributed by atoms with Gasteiger partial charge in [0.15, 0.2) is 0 Å². The number of fused-ring (bicyclic) bond motifs is 1. The average Bonchev–Trinajstić information content (AvgIpc) is 3.13. The maximum absolute atomic E-state index is 4.64. The summed E-state index contributed by atoms with van der Waals surface area (Å²) in [6, 6.07) is 9.09. The van der Waals surface area contributed by atoms with Gasteiger partial charge in [0.25, 0.3) is 0 Å². The quantitative estimate of drug-likeness (QED) is 0.448. The third-order valence-electron chi connectivity index (χ3n) is 5.58. The number of hydrogen-bond donors (Lipinski definition) is 0. The van der Waals surface area contributed by atoms with E-state index in [2.05, 4.69) is 64.3 Å². The highest BCUT2D eigenvalue weighted by atomic mass is 32.2. The predicted molar refractivity (Wildman–Crippen MR) is 131 cm³/mol. The van der Waals surface area contributed by atoms with Crippen LogP contribution >= 0.6 is 11.9 Å². The molecule has 1 saturated heterocycles. The molecule has 2 aromatic heterocycles. The summed E-state index contributed by atoms with van der Waals surface area (Å²) in [6.07, 6.45) is 5.95. The van der Waals surface area contributed by atoms with Gasteiger partial charge in [-0.3, -0.25) is 0 Å². The molecule has 3 heterocycles. The first-order valence-electron chi connectivity index (χ1n) is 11.1. The summed E-state index contributed by atoms with van der Waals surface area (Å²) in [4.78, 5) is 11.2. The minimum Gasteiger partial charge on any atom is -0.334 e. The Bertz CT molecular complexity index is 961. The van der Waals surface area contributed by atoms with Gasteiger partial charge in [-0.1, -0.05) is 51.8 Å². The smallest absolute Gasteiger partial charge is 0.134 e. The van der Waals surface area contributed by atoms with Crippen LogP contribution in [0, 0.1) is 0 Å². The van der Waals surface area contributed by atoms with Gasteiger partial charge in [-0.05, 0) is 30.0 Å². The molecule has 1 aliphatic rings. The van der Waals surface area contributed by atoms with Crippen LogP contribution in [0.25, 0.3) is 11.0 Å². The number of nitrogens with zero attached hydrogens (tertiary/aromatic N) is 5. The first-order chi connectivity index (χ1) is 14.6. The van der Waals surface area contributed by atoms with E-state index in [4.69, 9.17) is 0 Å².